The maximum Gasteiger partial charge on any atom is 0.258 e. The lowest BCUT2D eigenvalue weighted by atomic mass is 9.99. The molecule has 1 N–H and O–H groups in total. The molecule has 3 aromatic rings. The lowest BCUT2D eigenvalue weighted by Gasteiger charge is -2.31. The Morgan fingerprint density at radius 1 is 1.25 bits per heavy atom. The number of carbonyl (C=O) groups is 1. The number of carbonyl (C=O) groups excluding carboxylic acids is 1. The highest BCUT2D eigenvalue weighted by atomic mass is 35.5. The number of benzene rings is 1. The quantitative estimate of drug-likeness (QED) is 0.603. The summed E-state index contributed by atoms with van der Waals surface area (Å²) in [6.45, 7) is 7.03. The van der Waals surface area contributed by atoms with E-state index in [1.54, 1.807) is 29.3 Å². The second-order valence-corrected chi connectivity index (χ2v) is 8.91. The first-order chi connectivity index (χ1) is 15.4. The molecule has 168 valence electrons. The summed E-state index contributed by atoms with van der Waals surface area (Å²) in [5, 5.41) is 0.982. The Labute approximate surface area is 192 Å². The minimum Gasteiger partial charge on any atom is -0.357 e. The molecule has 3 heterocycles. The van der Waals surface area contributed by atoms with Crippen LogP contribution in [0.25, 0.3) is 10.9 Å². The first-order valence-electron chi connectivity index (χ1n) is 11.1. The minimum atomic E-state index is -0.243. The highest BCUT2D eigenvalue weighted by molar-refractivity contribution is 6.31. The number of nitrogens with one attached hydrogen (secondary N) is 1. The third-order valence-electron chi connectivity index (χ3n) is 5.94. The first-order valence-corrected chi connectivity index (χ1v) is 11.5. The highest BCUT2D eigenvalue weighted by Crippen LogP contribution is 2.22. The van der Waals surface area contributed by atoms with E-state index in [1.807, 2.05) is 19.1 Å². The second-order valence-electron chi connectivity index (χ2n) is 8.48. The number of nitrogens with zero attached hydrogens (tertiary/aromatic N) is 4. The molecular weight excluding hydrogens is 426 g/mol. The van der Waals surface area contributed by atoms with Gasteiger partial charge in [-0.15, -0.1) is 0 Å². The number of rotatable bonds is 6. The average Bonchev–Trinajstić information content (AvgIpc) is 2.79. The molecule has 0 spiro atoms. The van der Waals surface area contributed by atoms with E-state index >= 15 is 0 Å². The molecule has 7 nitrogen and oxygen atoms in total. The van der Waals surface area contributed by atoms with Gasteiger partial charge in [0.2, 0.25) is 0 Å². The second kappa shape index (κ2) is 9.69. The molecule has 1 saturated heterocycles. The summed E-state index contributed by atoms with van der Waals surface area (Å²) in [5.74, 6) is 1.96. The van der Waals surface area contributed by atoms with E-state index in [2.05, 4.69) is 26.8 Å². The minimum absolute atomic E-state index is 0.132. The fourth-order valence-corrected chi connectivity index (χ4v) is 4.23. The lowest BCUT2D eigenvalue weighted by Crippen LogP contribution is -2.34. The average molecular weight is 454 g/mol. The standard InChI is InChI=1S/C24H28ClN5O2/c1-3-10-30(15-21-27-20-13-18(25)5-6-19(20)23(31)28-21)24(32)17-4-7-22(26-14-17)29-11-8-16(2)9-12-29/h4-7,13-14,16H,3,8-12,15H2,1-2H3,(H,27,28,31). The van der Waals surface area contributed by atoms with Crippen LogP contribution in [-0.4, -0.2) is 45.4 Å². The number of pyridine rings is 1. The number of halogens is 1. The molecule has 1 aliphatic heterocycles. The van der Waals surface area contributed by atoms with Gasteiger partial charge in [-0.05, 0) is 55.5 Å². The number of hydrogen-bond acceptors (Lipinski definition) is 5. The van der Waals surface area contributed by atoms with E-state index in [-0.39, 0.29) is 18.0 Å². The van der Waals surface area contributed by atoms with Gasteiger partial charge in [0, 0.05) is 30.9 Å². The zero-order valence-corrected chi connectivity index (χ0v) is 19.2. The fourth-order valence-electron chi connectivity index (χ4n) is 4.06. The largest absolute Gasteiger partial charge is 0.357 e. The van der Waals surface area contributed by atoms with E-state index in [4.69, 9.17) is 11.6 Å². The number of aromatic amines is 1. The van der Waals surface area contributed by atoms with Gasteiger partial charge in [0.05, 0.1) is 23.0 Å². The maximum absolute atomic E-state index is 13.2. The van der Waals surface area contributed by atoms with Crippen molar-refractivity contribution in [3.05, 3.63) is 63.3 Å². The van der Waals surface area contributed by atoms with E-state index in [0.29, 0.717) is 33.9 Å². The van der Waals surface area contributed by atoms with Crippen molar-refractivity contribution < 1.29 is 4.79 Å². The number of aromatic nitrogens is 3. The van der Waals surface area contributed by atoms with Crippen molar-refractivity contribution in [1.29, 1.82) is 0 Å². The summed E-state index contributed by atoms with van der Waals surface area (Å²) in [5.41, 5.74) is 0.799. The third kappa shape index (κ3) is 4.93. The van der Waals surface area contributed by atoms with Crippen LogP contribution in [0, 0.1) is 5.92 Å². The molecule has 4 rings (SSSR count). The molecule has 1 aliphatic rings. The molecule has 0 saturated carbocycles. The van der Waals surface area contributed by atoms with Crippen molar-refractivity contribution in [2.45, 2.75) is 39.7 Å². The summed E-state index contributed by atoms with van der Waals surface area (Å²) in [6.07, 6.45) is 4.76. The van der Waals surface area contributed by atoms with Crippen molar-refractivity contribution in [3.63, 3.8) is 0 Å². The number of anilines is 1. The van der Waals surface area contributed by atoms with Gasteiger partial charge < -0.3 is 14.8 Å². The number of hydrogen-bond donors (Lipinski definition) is 1. The van der Waals surface area contributed by atoms with E-state index in [0.717, 1.165) is 44.1 Å². The van der Waals surface area contributed by atoms with Crippen LogP contribution in [0.2, 0.25) is 5.02 Å². The van der Waals surface area contributed by atoms with Crippen LogP contribution in [0.3, 0.4) is 0 Å². The normalized spacial score (nSPS) is 14.7. The van der Waals surface area contributed by atoms with E-state index in [9.17, 15) is 9.59 Å². The molecule has 0 unspecified atom stereocenters. The Bertz CT molecular complexity index is 1150. The van der Waals surface area contributed by atoms with Crippen molar-refractivity contribution in [3.8, 4) is 0 Å². The molecule has 1 amide bonds. The molecule has 8 heteroatoms. The zero-order valence-electron chi connectivity index (χ0n) is 18.5. The molecule has 2 aromatic heterocycles. The molecule has 1 fully saturated rings. The summed E-state index contributed by atoms with van der Waals surface area (Å²) in [4.78, 5) is 41.5. The molecule has 0 atom stereocenters. The van der Waals surface area contributed by atoms with Gasteiger partial charge in [-0.2, -0.15) is 0 Å². The van der Waals surface area contributed by atoms with Gasteiger partial charge >= 0.3 is 0 Å². The predicted molar refractivity (Wildman–Crippen MR) is 127 cm³/mol. The Morgan fingerprint density at radius 2 is 2.03 bits per heavy atom. The summed E-state index contributed by atoms with van der Waals surface area (Å²) < 4.78 is 0. The third-order valence-corrected chi connectivity index (χ3v) is 6.18. The summed E-state index contributed by atoms with van der Waals surface area (Å²) in [7, 11) is 0. The Kier molecular flexibility index (Phi) is 6.74. The molecule has 0 radical (unpaired) electrons. The van der Waals surface area contributed by atoms with Crippen molar-refractivity contribution in [2.24, 2.45) is 5.92 Å². The maximum atomic E-state index is 13.2. The van der Waals surface area contributed by atoms with Crippen LogP contribution in [0.4, 0.5) is 5.82 Å². The van der Waals surface area contributed by atoms with Crippen LogP contribution >= 0.6 is 11.6 Å². The van der Waals surface area contributed by atoms with Crippen molar-refractivity contribution in [1.82, 2.24) is 19.9 Å². The van der Waals surface area contributed by atoms with Crippen LogP contribution in [0.15, 0.2) is 41.3 Å². The highest BCUT2D eigenvalue weighted by Gasteiger charge is 2.20. The van der Waals surface area contributed by atoms with Crippen molar-refractivity contribution in [2.75, 3.05) is 24.5 Å². The van der Waals surface area contributed by atoms with Gasteiger partial charge in [0.25, 0.3) is 11.5 Å². The number of amides is 1. The van der Waals surface area contributed by atoms with Crippen molar-refractivity contribution >= 4 is 34.2 Å². The SMILES string of the molecule is CCCN(Cc1nc2cc(Cl)ccc2c(=O)[nH]1)C(=O)c1ccc(N2CCC(C)CC2)nc1. The van der Waals surface area contributed by atoms with Gasteiger partial charge in [-0.1, -0.05) is 25.4 Å². The summed E-state index contributed by atoms with van der Waals surface area (Å²) in [6, 6.07) is 8.73. The smallest absolute Gasteiger partial charge is 0.258 e. The van der Waals surface area contributed by atoms with E-state index in [1.165, 1.54) is 0 Å². The molecule has 32 heavy (non-hydrogen) atoms. The van der Waals surface area contributed by atoms with Crippen LogP contribution in [0.5, 0.6) is 0 Å². The van der Waals surface area contributed by atoms with Gasteiger partial charge in [0.15, 0.2) is 0 Å². The number of H-pyrrole nitrogens is 1. The number of piperidine rings is 1. The number of fused-ring (bicyclic) bond motifs is 1. The van der Waals surface area contributed by atoms with Crippen LogP contribution in [0.1, 0.15) is 49.3 Å². The molecular formula is C24H28ClN5O2. The Balaban J connectivity index is 1.53. The van der Waals surface area contributed by atoms with E-state index < -0.39 is 0 Å². The molecule has 1 aromatic carbocycles. The predicted octanol–water partition coefficient (Wildman–Crippen LogP) is 4.26. The fraction of sp³-hybridized carbons (Fsp3) is 0.417. The molecule has 0 bridgehead atoms. The molecule has 0 aliphatic carbocycles. The van der Waals surface area contributed by atoms with Crippen LogP contribution in [-0.2, 0) is 6.54 Å². The van der Waals surface area contributed by atoms with Crippen LogP contribution < -0.4 is 10.5 Å². The lowest BCUT2D eigenvalue weighted by molar-refractivity contribution is 0.0738. The Hall–Kier alpha value is -2.93. The van der Waals surface area contributed by atoms with Gasteiger partial charge in [0.1, 0.15) is 11.6 Å². The first kappa shape index (κ1) is 22.3. The topological polar surface area (TPSA) is 82.2 Å². The monoisotopic (exact) mass is 453 g/mol. The summed E-state index contributed by atoms with van der Waals surface area (Å²) >= 11 is 6.06. The van der Waals surface area contributed by atoms with Gasteiger partial charge in [-0.25, -0.2) is 9.97 Å². The zero-order chi connectivity index (χ0) is 22.7. The van der Waals surface area contributed by atoms with Gasteiger partial charge in [-0.3, -0.25) is 9.59 Å². The Morgan fingerprint density at radius 3 is 2.72 bits per heavy atom.